The zero-order valence-corrected chi connectivity index (χ0v) is 7.40. The molecular weight excluding hydrogens is 183 g/mol. The average Bonchev–Trinajstić information content (AvgIpc) is 2.11. The molecule has 11 heavy (non-hydrogen) atoms. The summed E-state index contributed by atoms with van der Waals surface area (Å²) in [4.78, 5) is 10.4. The Balaban J connectivity index is 2.79. The van der Waals surface area contributed by atoms with Gasteiger partial charge in [0, 0.05) is 10.1 Å². The Kier molecular flexibility index (Phi) is 3.16. The fraction of sp³-hybridized carbons (Fsp3) is 0.375. The summed E-state index contributed by atoms with van der Waals surface area (Å²) in [6.45, 7) is 0. The standard InChI is InChI=1S/C8H8Cl2O/c9-7-3-1-2-6(5-11)8(10)4-7/h3-6H,1-2H2. The lowest BCUT2D eigenvalue weighted by atomic mass is 10.1. The highest BCUT2D eigenvalue weighted by atomic mass is 35.5. The first-order valence-corrected chi connectivity index (χ1v) is 4.17. The van der Waals surface area contributed by atoms with E-state index in [1.165, 1.54) is 0 Å². The Hall–Kier alpha value is -0.270. The van der Waals surface area contributed by atoms with Gasteiger partial charge in [-0.25, -0.2) is 0 Å². The molecule has 0 aromatic heterocycles. The van der Waals surface area contributed by atoms with Crippen LogP contribution in [-0.2, 0) is 4.79 Å². The van der Waals surface area contributed by atoms with Crippen molar-refractivity contribution in [2.45, 2.75) is 12.8 Å². The summed E-state index contributed by atoms with van der Waals surface area (Å²) in [5.74, 6) is -0.163. The van der Waals surface area contributed by atoms with E-state index in [-0.39, 0.29) is 5.92 Å². The zero-order valence-electron chi connectivity index (χ0n) is 5.89. The molecule has 0 heterocycles. The fourth-order valence-corrected chi connectivity index (χ4v) is 1.53. The maximum absolute atomic E-state index is 10.4. The van der Waals surface area contributed by atoms with Gasteiger partial charge in [-0.1, -0.05) is 29.3 Å². The van der Waals surface area contributed by atoms with Crippen LogP contribution in [0.4, 0.5) is 0 Å². The van der Waals surface area contributed by atoms with Gasteiger partial charge in [0.05, 0.1) is 5.92 Å². The van der Waals surface area contributed by atoms with Crippen molar-refractivity contribution in [3.63, 3.8) is 0 Å². The van der Waals surface area contributed by atoms with E-state index in [0.29, 0.717) is 10.1 Å². The summed E-state index contributed by atoms with van der Waals surface area (Å²) in [5.41, 5.74) is 0. The van der Waals surface area contributed by atoms with E-state index < -0.39 is 0 Å². The highest BCUT2D eigenvalue weighted by molar-refractivity contribution is 6.35. The van der Waals surface area contributed by atoms with E-state index in [1.807, 2.05) is 6.08 Å². The van der Waals surface area contributed by atoms with E-state index in [1.54, 1.807) is 6.08 Å². The normalized spacial score (nSPS) is 25.1. The summed E-state index contributed by atoms with van der Waals surface area (Å²) in [7, 11) is 0. The Morgan fingerprint density at radius 2 is 2.27 bits per heavy atom. The van der Waals surface area contributed by atoms with Crippen molar-refractivity contribution < 1.29 is 4.79 Å². The predicted octanol–water partition coefficient (Wildman–Crippen LogP) is 2.84. The van der Waals surface area contributed by atoms with Crippen LogP contribution in [0.3, 0.4) is 0 Å². The molecule has 0 aromatic rings. The molecule has 0 fully saturated rings. The molecule has 0 radical (unpaired) electrons. The van der Waals surface area contributed by atoms with Crippen molar-refractivity contribution in [1.29, 1.82) is 0 Å². The van der Waals surface area contributed by atoms with Gasteiger partial charge in [0.1, 0.15) is 6.29 Å². The lowest BCUT2D eigenvalue weighted by Gasteiger charge is -2.03. The predicted molar refractivity (Wildman–Crippen MR) is 46.7 cm³/mol. The molecule has 0 spiro atoms. The molecule has 0 saturated carbocycles. The molecule has 1 aliphatic rings. The maximum atomic E-state index is 10.4. The highest BCUT2D eigenvalue weighted by Gasteiger charge is 2.13. The van der Waals surface area contributed by atoms with Crippen LogP contribution in [0.15, 0.2) is 22.2 Å². The SMILES string of the molecule is O=CC1CCC=C(Cl)C=C1Cl. The largest absolute Gasteiger partial charge is 0.303 e. The van der Waals surface area contributed by atoms with Gasteiger partial charge in [-0.2, -0.15) is 0 Å². The number of carbonyl (C=O) groups excluding carboxylic acids is 1. The first-order valence-electron chi connectivity index (χ1n) is 3.42. The third-order valence-corrected chi connectivity index (χ3v) is 2.26. The van der Waals surface area contributed by atoms with Crippen molar-refractivity contribution >= 4 is 29.5 Å². The van der Waals surface area contributed by atoms with Crippen molar-refractivity contribution in [2.24, 2.45) is 5.92 Å². The quantitative estimate of drug-likeness (QED) is 0.582. The van der Waals surface area contributed by atoms with Gasteiger partial charge in [-0.05, 0) is 18.9 Å². The minimum atomic E-state index is -0.163. The van der Waals surface area contributed by atoms with Gasteiger partial charge in [-0.15, -0.1) is 0 Å². The van der Waals surface area contributed by atoms with Gasteiger partial charge >= 0.3 is 0 Å². The molecule has 1 atom stereocenters. The number of carbonyl (C=O) groups is 1. The third kappa shape index (κ3) is 2.35. The van der Waals surface area contributed by atoms with Crippen molar-refractivity contribution in [1.82, 2.24) is 0 Å². The number of allylic oxidation sites excluding steroid dienone is 4. The van der Waals surface area contributed by atoms with Crippen molar-refractivity contribution in [3.05, 3.63) is 22.2 Å². The molecule has 0 N–H and O–H groups in total. The second-order valence-corrected chi connectivity index (χ2v) is 3.31. The molecule has 1 unspecified atom stereocenters. The van der Waals surface area contributed by atoms with Gasteiger partial charge in [0.25, 0.3) is 0 Å². The highest BCUT2D eigenvalue weighted by Crippen LogP contribution is 2.26. The van der Waals surface area contributed by atoms with Crippen LogP contribution in [-0.4, -0.2) is 6.29 Å². The summed E-state index contributed by atoms with van der Waals surface area (Å²) < 4.78 is 0. The fourth-order valence-electron chi connectivity index (χ4n) is 0.969. The second-order valence-electron chi connectivity index (χ2n) is 2.44. The minimum absolute atomic E-state index is 0.163. The van der Waals surface area contributed by atoms with Crippen LogP contribution in [0, 0.1) is 5.92 Å². The van der Waals surface area contributed by atoms with E-state index in [2.05, 4.69) is 0 Å². The van der Waals surface area contributed by atoms with E-state index in [0.717, 1.165) is 19.1 Å². The van der Waals surface area contributed by atoms with Crippen LogP contribution < -0.4 is 0 Å². The molecule has 0 aliphatic heterocycles. The van der Waals surface area contributed by atoms with E-state index in [4.69, 9.17) is 23.2 Å². The molecule has 3 heteroatoms. The number of rotatable bonds is 1. The van der Waals surface area contributed by atoms with E-state index in [9.17, 15) is 4.79 Å². The Labute approximate surface area is 75.7 Å². The number of hydrogen-bond acceptors (Lipinski definition) is 1. The Bertz CT molecular complexity index is 218. The Morgan fingerprint density at radius 1 is 1.55 bits per heavy atom. The number of halogens is 2. The van der Waals surface area contributed by atoms with Crippen LogP contribution in [0.1, 0.15) is 12.8 Å². The van der Waals surface area contributed by atoms with Gasteiger partial charge in [0.2, 0.25) is 0 Å². The zero-order chi connectivity index (χ0) is 8.27. The molecular formula is C8H8Cl2O. The number of aldehydes is 1. The molecule has 1 nitrogen and oxygen atoms in total. The van der Waals surface area contributed by atoms with Crippen LogP contribution in [0.2, 0.25) is 0 Å². The monoisotopic (exact) mass is 190 g/mol. The van der Waals surface area contributed by atoms with Crippen molar-refractivity contribution in [2.75, 3.05) is 0 Å². The molecule has 0 amide bonds. The molecule has 1 aliphatic carbocycles. The molecule has 0 saturated heterocycles. The van der Waals surface area contributed by atoms with Crippen LogP contribution in [0.5, 0.6) is 0 Å². The molecule has 0 aromatic carbocycles. The number of hydrogen-bond donors (Lipinski definition) is 0. The van der Waals surface area contributed by atoms with Crippen LogP contribution >= 0.6 is 23.2 Å². The van der Waals surface area contributed by atoms with Gasteiger partial charge < -0.3 is 4.79 Å². The molecule has 1 rings (SSSR count). The van der Waals surface area contributed by atoms with E-state index >= 15 is 0 Å². The Morgan fingerprint density at radius 3 is 2.91 bits per heavy atom. The summed E-state index contributed by atoms with van der Waals surface area (Å²) in [6, 6.07) is 0. The maximum Gasteiger partial charge on any atom is 0.128 e. The smallest absolute Gasteiger partial charge is 0.128 e. The third-order valence-electron chi connectivity index (χ3n) is 1.61. The summed E-state index contributed by atoms with van der Waals surface area (Å²) >= 11 is 11.5. The average molecular weight is 191 g/mol. The second kappa shape index (κ2) is 3.93. The lowest BCUT2D eigenvalue weighted by molar-refractivity contribution is -0.110. The van der Waals surface area contributed by atoms with Crippen molar-refractivity contribution in [3.8, 4) is 0 Å². The summed E-state index contributed by atoms with van der Waals surface area (Å²) in [6.07, 6.45) is 5.94. The first-order chi connectivity index (χ1) is 5.24. The molecule has 0 bridgehead atoms. The minimum Gasteiger partial charge on any atom is -0.303 e. The summed E-state index contributed by atoms with van der Waals surface area (Å²) in [5, 5.41) is 1.16. The topological polar surface area (TPSA) is 17.1 Å². The first kappa shape index (κ1) is 8.82. The van der Waals surface area contributed by atoms with Gasteiger partial charge in [0.15, 0.2) is 0 Å². The van der Waals surface area contributed by atoms with Crippen LogP contribution in [0.25, 0.3) is 0 Å². The molecule has 60 valence electrons. The lowest BCUT2D eigenvalue weighted by Crippen LogP contribution is -1.99. The van der Waals surface area contributed by atoms with Gasteiger partial charge in [-0.3, -0.25) is 0 Å².